The van der Waals surface area contributed by atoms with Gasteiger partial charge in [-0.25, -0.2) is 0 Å². The van der Waals surface area contributed by atoms with Crippen molar-refractivity contribution in [2.45, 2.75) is 0 Å². The van der Waals surface area contributed by atoms with E-state index in [4.69, 9.17) is 10.00 Å². The maximum Gasteiger partial charge on any atom is 0.207 e. The van der Waals surface area contributed by atoms with E-state index in [9.17, 15) is 4.79 Å². The van der Waals surface area contributed by atoms with Crippen LogP contribution in [0.5, 0.6) is 5.75 Å². The maximum absolute atomic E-state index is 12.3. The number of hydrogen-bond acceptors (Lipinski definition) is 4. The molecule has 2 aromatic rings. The number of nitriles is 1. The summed E-state index contributed by atoms with van der Waals surface area (Å²) in [5.41, 5.74) is 1.35. The first kappa shape index (κ1) is 13.1. The summed E-state index contributed by atoms with van der Waals surface area (Å²) in [7, 11) is 1.50. The first-order valence-electron chi connectivity index (χ1n) is 5.58. The summed E-state index contributed by atoms with van der Waals surface area (Å²) in [5, 5.41) is 12.9. The molecule has 0 atom stereocenters. The van der Waals surface area contributed by atoms with Gasteiger partial charge in [-0.2, -0.15) is 16.6 Å². The second-order valence-corrected chi connectivity index (χ2v) is 4.54. The third kappa shape index (κ3) is 2.90. The number of hydrogen-bond donors (Lipinski definition) is 0. The second kappa shape index (κ2) is 5.98. The van der Waals surface area contributed by atoms with Crippen molar-refractivity contribution in [3.8, 4) is 11.8 Å². The molecule has 1 heterocycles. The molecule has 0 fully saturated rings. The molecule has 94 valence electrons. The number of para-hydroxylation sites is 1. The molecule has 4 heteroatoms. The van der Waals surface area contributed by atoms with Crippen LogP contribution >= 0.6 is 11.3 Å². The van der Waals surface area contributed by atoms with Gasteiger partial charge in [0.2, 0.25) is 5.78 Å². The molecular weight excluding hydrogens is 258 g/mol. The largest absolute Gasteiger partial charge is 0.496 e. The number of rotatable bonds is 4. The smallest absolute Gasteiger partial charge is 0.207 e. The van der Waals surface area contributed by atoms with Gasteiger partial charge in [0.25, 0.3) is 0 Å². The van der Waals surface area contributed by atoms with Gasteiger partial charge in [-0.05, 0) is 40.6 Å². The van der Waals surface area contributed by atoms with Crippen LogP contribution in [0.2, 0.25) is 0 Å². The summed E-state index contributed by atoms with van der Waals surface area (Å²) in [6.07, 6.45) is 1.59. The van der Waals surface area contributed by atoms with Gasteiger partial charge in [0.15, 0.2) is 0 Å². The number of allylic oxidation sites excluding steroid dienone is 1. The van der Waals surface area contributed by atoms with E-state index in [-0.39, 0.29) is 11.4 Å². The molecule has 0 aliphatic rings. The number of carbonyl (C=O) groups excluding carboxylic acids is 1. The average Bonchev–Trinajstić information content (AvgIpc) is 2.97. The lowest BCUT2D eigenvalue weighted by molar-refractivity contribution is 0.103. The molecule has 3 nitrogen and oxygen atoms in total. The van der Waals surface area contributed by atoms with E-state index < -0.39 is 0 Å². The quantitative estimate of drug-likeness (QED) is 0.484. The zero-order chi connectivity index (χ0) is 13.7. The molecule has 1 aromatic carbocycles. The fourth-order valence-corrected chi connectivity index (χ4v) is 2.27. The minimum atomic E-state index is -0.328. The molecule has 0 saturated carbocycles. The van der Waals surface area contributed by atoms with Crippen LogP contribution in [0.3, 0.4) is 0 Å². The topological polar surface area (TPSA) is 50.1 Å². The summed E-state index contributed by atoms with van der Waals surface area (Å²) in [5.74, 6) is 0.144. The maximum atomic E-state index is 12.3. The predicted octanol–water partition coefficient (Wildman–Crippen LogP) is 3.55. The van der Waals surface area contributed by atoms with E-state index in [0.717, 1.165) is 5.56 Å². The Labute approximate surface area is 115 Å². The van der Waals surface area contributed by atoms with E-state index in [2.05, 4.69) is 0 Å². The van der Waals surface area contributed by atoms with Gasteiger partial charge in [-0.1, -0.05) is 12.1 Å². The molecule has 2 rings (SSSR count). The van der Waals surface area contributed by atoms with Gasteiger partial charge in [0, 0.05) is 0 Å². The molecule has 0 bridgehead atoms. The molecule has 0 aliphatic carbocycles. The lowest BCUT2D eigenvalue weighted by Gasteiger charge is -2.06. The number of Topliss-reactive ketones (excluding diaryl/α,β-unsaturated/α-hetero) is 1. The molecule has 0 N–H and O–H groups in total. The normalized spacial score (nSPS) is 10.8. The highest BCUT2D eigenvalue weighted by Crippen LogP contribution is 2.22. The van der Waals surface area contributed by atoms with E-state index >= 15 is 0 Å². The Balaban J connectivity index is 2.40. The van der Waals surface area contributed by atoms with Crippen LogP contribution in [0.1, 0.15) is 15.9 Å². The van der Waals surface area contributed by atoms with Crippen LogP contribution in [0.15, 0.2) is 46.7 Å². The summed E-state index contributed by atoms with van der Waals surface area (Å²) >= 11 is 1.52. The molecule has 0 unspecified atom stereocenters. The number of benzene rings is 1. The van der Waals surface area contributed by atoms with Gasteiger partial charge in [0.1, 0.15) is 17.4 Å². The van der Waals surface area contributed by atoms with Gasteiger partial charge in [-0.15, -0.1) is 0 Å². The standard InChI is InChI=1S/C15H11NO2S/c1-18-14-5-3-2-4-13(14)15(17)12(9-16)8-11-6-7-19-10-11/h2-8,10H,1H3. The molecule has 0 radical (unpaired) electrons. The fraction of sp³-hybridized carbons (Fsp3) is 0.0667. The zero-order valence-corrected chi connectivity index (χ0v) is 11.1. The van der Waals surface area contributed by atoms with Gasteiger partial charge < -0.3 is 4.74 Å². The third-order valence-electron chi connectivity index (χ3n) is 2.57. The fourth-order valence-electron chi connectivity index (χ4n) is 1.65. The SMILES string of the molecule is COc1ccccc1C(=O)C(C#N)=Cc1ccsc1. The highest BCUT2D eigenvalue weighted by atomic mass is 32.1. The van der Waals surface area contributed by atoms with Crippen LogP contribution in [-0.4, -0.2) is 12.9 Å². The molecule has 0 aliphatic heterocycles. The Hall–Kier alpha value is -2.38. The zero-order valence-electron chi connectivity index (χ0n) is 10.3. The van der Waals surface area contributed by atoms with Gasteiger partial charge in [0.05, 0.1) is 12.7 Å². The minimum Gasteiger partial charge on any atom is -0.496 e. The van der Waals surface area contributed by atoms with Crippen molar-refractivity contribution < 1.29 is 9.53 Å². The highest BCUT2D eigenvalue weighted by molar-refractivity contribution is 7.08. The van der Waals surface area contributed by atoms with Crippen molar-refractivity contribution in [1.29, 1.82) is 5.26 Å². The van der Waals surface area contributed by atoms with E-state index in [1.165, 1.54) is 18.4 Å². The van der Waals surface area contributed by atoms with E-state index in [1.54, 1.807) is 30.3 Å². The first-order chi connectivity index (χ1) is 9.26. The summed E-state index contributed by atoms with van der Waals surface area (Å²) in [4.78, 5) is 12.3. The van der Waals surface area contributed by atoms with Crippen LogP contribution in [-0.2, 0) is 0 Å². The third-order valence-corrected chi connectivity index (χ3v) is 3.27. The van der Waals surface area contributed by atoms with Crippen molar-refractivity contribution in [3.63, 3.8) is 0 Å². The summed E-state index contributed by atoms with van der Waals surface area (Å²) in [6, 6.07) is 10.7. The Morgan fingerprint density at radius 1 is 1.37 bits per heavy atom. The van der Waals surface area contributed by atoms with Gasteiger partial charge >= 0.3 is 0 Å². The Morgan fingerprint density at radius 2 is 2.16 bits per heavy atom. The van der Waals surface area contributed by atoms with E-state index in [0.29, 0.717) is 11.3 Å². The minimum absolute atomic E-state index is 0.0999. The average molecular weight is 269 g/mol. The summed E-state index contributed by atoms with van der Waals surface area (Å²) in [6.45, 7) is 0. The van der Waals surface area contributed by atoms with Crippen LogP contribution in [0, 0.1) is 11.3 Å². The van der Waals surface area contributed by atoms with Crippen molar-refractivity contribution in [2.75, 3.05) is 7.11 Å². The number of ketones is 1. The van der Waals surface area contributed by atoms with Crippen molar-refractivity contribution >= 4 is 23.2 Å². The van der Waals surface area contributed by atoms with Crippen molar-refractivity contribution in [1.82, 2.24) is 0 Å². The molecule has 19 heavy (non-hydrogen) atoms. The lowest BCUT2D eigenvalue weighted by Crippen LogP contribution is -2.04. The number of nitrogens with zero attached hydrogens (tertiary/aromatic N) is 1. The molecule has 0 spiro atoms. The summed E-state index contributed by atoms with van der Waals surface area (Å²) < 4.78 is 5.14. The van der Waals surface area contributed by atoms with Crippen LogP contribution in [0.25, 0.3) is 6.08 Å². The van der Waals surface area contributed by atoms with Crippen molar-refractivity contribution in [3.05, 3.63) is 57.8 Å². The van der Waals surface area contributed by atoms with Crippen LogP contribution < -0.4 is 4.74 Å². The number of methoxy groups -OCH3 is 1. The van der Waals surface area contributed by atoms with Crippen LogP contribution in [0.4, 0.5) is 0 Å². The Bertz CT molecular complexity index is 651. The monoisotopic (exact) mass is 269 g/mol. The Kier molecular flexibility index (Phi) is 4.11. The lowest BCUT2D eigenvalue weighted by atomic mass is 10.0. The molecule has 0 saturated heterocycles. The molecule has 1 aromatic heterocycles. The van der Waals surface area contributed by atoms with E-state index in [1.807, 2.05) is 22.9 Å². The molecular formula is C15H11NO2S. The number of thiophene rings is 1. The second-order valence-electron chi connectivity index (χ2n) is 3.76. The Morgan fingerprint density at radius 3 is 2.79 bits per heavy atom. The van der Waals surface area contributed by atoms with Crippen molar-refractivity contribution in [2.24, 2.45) is 0 Å². The van der Waals surface area contributed by atoms with Gasteiger partial charge in [-0.3, -0.25) is 4.79 Å². The number of ether oxygens (including phenoxy) is 1. The first-order valence-corrected chi connectivity index (χ1v) is 6.52. The highest BCUT2D eigenvalue weighted by Gasteiger charge is 2.16. The predicted molar refractivity (Wildman–Crippen MR) is 75.2 cm³/mol. The number of carbonyl (C=O) groups is 1. The molecule has 0 amide bonds.